The molecule has 3 aromatic heterocycles. The molecule has 0 aliphatic carbocycles. The third kappa shape index (κ3) is 3.39. The van der Waals surface area contributed by atoms with Crippen LogP contribution < -0.4 is 0 Å². The van der Waals surface area contributed by atoms with Crippen molar-refractivity contribution < 1.29 is 0 Å². The first-order chi connectivity index (χ1) is 12.2. The predicted molar refractivity (Wildman–Crippen MR) is 99.6 cm³/mol. The van der Waals surface area contributed by atoms with Crippen LogP contribution in [-0.4, -0.2) is 43.0 Å². The Hall–Kier alpha value is -1.99. The number of aromatic nitrogens is 5. The first-order valence-electron chi connectivity index (χ1n) is 8.90. The van der Waals surface area contributed by atoms with Gasteiger partial charge in [-0.2, -0.15) is 5.10 Å². The second-order valence-corrected chi connectivity index (χ2v) is 7.94. The minimum Gasteiger partial charge on any atom is -0.315 e. The molecule has 4 rings (SSSR count). The van der Waals surface area contributed by atoms with Crippen LogP contribution in [0.4, 0.5) is 0 Å². The fraction of sp³-hybridized carbons (Fsp3) is 0.500. The lowest BCUT2D eigenvalue weighted by atomic mass is 9.95. The van der Waals surface area contributed by atoms with Gasteiger partial charge < -0.3 is 4.57 Å². The maximum absolute atomic E-state index is 4.39. The van der Waals surface area contributed by atoms with E-state index in [9.17, 15) is 0 Å². The Labute approximate surface area is 151 Å². The molecule has 7 heteroatoms. The first-order valence-corrected chi connectivity index (χ1v) is 9.78. The van der Waals surface area contributed by atoms with Gasteiger partial charge in [-0.3, -0.25) is 10.00 Å². The Balaban J connectivity index is 1.40. The van der Waals surface area contributed by atoms with E-state index in [1.54, 1.807) is 11.3 Å². The Kier molecular flexibility index (Phi) is 4.67. The molecular formula is C18H24N6S. The molecule has 132 valence electrons. The van der Waals surface area contributed by atoms with Crippen LogP contribution in [0.5, 0.6) is 0 Å². The average Bonchev–Trinajstić information content (AvgIpc) is 3.36. The predicted octanol–water partition coefficient (Wildman–Crippen LogP) is 3.69. The van der Waals surface area contributed by atoms with Crippen LogP contribution in [0, 0.1) is 0 Å². The first kappa shape index (κ1) is 16.5. The molecule has 6 nitrogen and oxygen atoms in total. The summed E-state index contributed by atoms with van der Waals surface area (Å²) in [5, 5.41) is 18.0. The van der Waals surface area contributed by atoms with Gasteiger partial charge in [0, 0.05) is 24.1 Å². The summed E-state index contributed by atoms with van der Waals surface area (Å²) in [4.78, 5) is 3.78. The molecule has 1 fully saturated rings. The third-order valence-electron chi connectivity index (χ3n) is 4.99. The lowest BCUT2D eigenvalue weighted by Gasteiger charge is -2.31. The molecule has 0 bridgehead atoms. The summed E-state index contributed by atoms with van der Waals surface area (Å²) in [5.41, 5.74) is 2.45. The zero-order chi connectivity index (χ0) is 17.2. The SMILES string of the molecule is CC(C)n1cnnc1C1CCN(Cc2cn[nH]c2-c2cccs2)CC1. The highest BCUT2D eigenvalue weighted by Gasteiger charge is 2.25. The van der Waals surface area contributed by atoms with Crippen LogP contribution in [0.15, 0.2) is 30.0 Å². The van der Waals surface area contributed by atoms with Crippen molar-refractivity contribution in [2.45, 2.75) is 45.2 Å². The largest absolute Gasteiger partial charge is 0.315 e. The van der Waals surface area contributed by atoms with E-state index < -0.39 is 0 Å². The van der Waals surface area contributed by atoms with E-state index in [4.69, 9.17) is 0 Å². The van der Waals surface area contributed by atoms with Gasteiger partial charge in [0.2, 0.25) is 0 Å². The van der Waals surface area contributed by atoms with Crippen LogP contribution in [0.3, 0.4) is 0 Å². The zero-order valence-corrected chi connectivity index (χ0v) is 15.5. The summed E-state index contributed by atoms with van der Waals surface area (Å²) < 4.78 is 2.21. The van der Waals surface area contributed by atoms with Gasteiger partial charge in [0.05, 0.1) is 16.8 Å². The maximum atomic E-state index is 4.39. The van der Waals surface area contributed by atoms with Crippen LogP contribution >= 0.6 is 11.3 Å². The highest BCUT2D eigenvalue weighted by Crippen LogP contribution is 2.31. The third-order valence-corrected chi connectivity index (χ3v) is 5.88. The topological polar surface area (TPSA) is 62.6 Å². The number of hydrogen-bond donors (Lipinski definition) is 1. The molecule has 0 spiro atoms. The lowest BCUT2D eigenvalue weighted by molar-refractivity contribution is 0.199. The molecule has 3 aromatic rings. The summed E-state index contributed by atoms with van der Waals surface area (Å²) in [6, 6.07) is 4.65. The fourth-order valence-corrected chi connectivity index (χ4v) is 4.35. The zero-order valence-electron chi connectivity index (χ0n) is 14.7. The quantitative estimate of drug-likeness (QED) is 0.757. The van der Waals surface area contributed by atoms with Gasteiger partial charge in [0.1, 0.15) is 12.2 Å². The van der Waals surface area contributed by atoms with E-state index in [-0.39, 0.29) is 0 Å². The van der Waals surface area contributed by atoms with E-state index in [1.165, 1.54) is 10.4 Å². The smallest absolute Gasteiger partial charge is 0.136 e. The van der Waals surface area contributed by atoms with Crippen molar-refractivity contribution in [3.05, 3.63) is 41.4 Å². The monoisotopic (exact) mass is 356 g/mol. The Bertz CT molecular complexity index is 795. The molecule has 0 unspecified atom stereocenters. The number of piperidine rings is 1. The second-order valence-electron chi connectivity index (χ2n) is 6.99. The number of nitrogens with zero attached hydrogens (tertiary/aromatic N) is 5. The average molecular weight is 356 g/mol. The molecule has 1 aliphatic heterocycles. The number of rotatable bonds is 5. The van der Waals surface area contributed by atoms with Gasteiger partial charge in [0.25, 0.3) is 0 Å². The summed E-state index contributed by atoms with van der Waals surface area (Å²) in [6.07, 6.45) is 6.11. The number of aromatic amines is 1. The molecule has 0 amide bonds. The standard InChI is InChI=1S/C18H24N6S/c1-13(2)24-12-20-22-18(24)14-5-7-23(8-6-14)11-15-10-19-21-17(15)16-4-3-9-25-16/h3-4,9-10,12-14H,5-8,11H2,1-2H3,(H,19,21). The van der Waals surface area contributed by atoms with Gasteiger partial charge in [-0.1, -0.05) is 6.07 Å². The summed E-state index contributed by atoms with van der Waals surface area (Å²) in [6.45, 7) is 7.50. The molecule has 25 heavy (non-hydrogen) atoms. The van der Waals surface area contributed by atoms with Crippen molar-refractivity contribution in [3.63, 3.8) is 0 Å². The van der Waals surface area contributed by atoms with Gasteiger partial charge >= 0.3 is 0 Å². The van der Waals surface area contributed by atoms with E-state index in [0.29, 0.717) is 12.0 Å². The van der Waals surface area contributed by atoms with Gasteiger partial charge in [-0.05, 0) is 51.2 Å². The fourth-order valence-electron chi connectivity index (χ4n) is 3.60. The molecule has 0 atom stereocenters. The molecule has 1 N–H and O–H groups in total. The van der Waals surface area contributed by atoms with Crippen molar-refractivity contribution in [1.82, 2.24) is 29.9 Å². The van der Waals surface area contributed by atoms with Gasteiger partial charge in [0.15, 0.2) is 0 Å². The van der Waals surface area contributed by atoms with E-state index in [2.05, 4.69) is 61.2 Å². The normalized spacial score (nSPS) is 16.8. The van der Waals surface area contributed by atoms with Gasteiger partial charge in [-0.15, -0.1) is 21.5 Å². The number of thiophene rings is 1. The highest BCUT2D eigenvalue weighted by molar-refractivity contribution is 7.13. The number of nitrogens with one attached hydrogen (secondary N) is 1. The molecule has 4 heterocycles. The van der Waals surface area contributed by atoms with Gasteiger partial charge in [-0.25, -0.2) is 0 Å². The van der Waals surface area contributed by atoms with Crippen molar-refractivity contribution in [3.8, 4) is 10.6 Å². The molecule has 1 saturated heterocycles. The molecule has 1 aliphatic rings. The van der Waals surface area contributed by atoms with Crippen LogP contribution in [0.2, 0.25) is 0 Å². The second kappa shape index (κ2) is 7.09. The van der Waals surface area contributed by atoms with E-state index in [0.717, 1.165) is 44.0 Å². The minimum absolute atomic E-state index is 0.419. The lowest BCUT2D eigenvalue weighted by Crippen LogP contribution is -2.33. The summed E-state index contributed by atoms with van der Waals surface area (Å²) in [7, 11) is 0. The minimum atomic E-state index is 0.419. The van der Waals surface area contributed by atoms with E-state index in [1.807, 2.05) is 12.5 Å². The molecule has 0 radical (unpaired) electrons. The Morgan fingerprint density at radius 1 is 1.32 bits per heavy atom. The number of H-pyrrole nitrogens is 1. The van der Waals surface area contributed by atoms with Crippen molar-refractivity contribution in [2.24, 2.45) is 0 Å². The summed E-state index contributed by atoms with van der Waals surface area (Å²) in [5.74, 6) is 1.67. The van der Waals surface area contributed by atoms with Crippen LogP contribution in [0.25, 0.3) is 10.6 Å². The maximum Gasteiger partial charge on any atom is 0.136 e. The Morgan fingerprint density at radius 3 is 2.88 bits per heavy atom. The highest BCUT2D eigenvalue weighted by atomic mass is 32.1. The van der Waals surface area contributed by atoms with E-state index >= 15 is 0 Å². The van der Waals surface area contributed by atoms with Crippen molar-refractivity contribution in [2.75, 3.05) is 13.1 Å². The Morgan fingerprint density at radius 2 is 2.16 bits per heavy atom. The number of hydrogen-bond acceptors (Lipinski definition) is 5. The van der Waals surface area contributed by atoms with Crippen LogP contribution in [-0.2, 0) is 6.54 Å². The molecule has 0 saturated carbocycles. The van der Waals surface area contributed by atoms with Crippen LogP contribution in [0.1, 0.15) is 50.0 Å². The van der Waals surface area contributed by atoms with Crippen molar-refractivity contribution in [1.29, 1.82) is 0 Å². The number of likely N-dealkylation sites (tertiary alicyclic amines) is 1. The summed E-state index contributed by atoms with van der Waals surface area (Å²) >= 11 is 1.75. The molecule has 0 aromatic carbocycles. The van der Waals surface area contributed by atoms with Crippen molar-refractivity contribution >= 4 is 11.3 Å². The molecular weight excluding hydrogens is 332 g/mol.